The van der Waals surface area contributed by atoms with Gasteiger partial charge in [0.1, 0.15) is 12.2 Å². The lowest BCUT2D eigenvalue weighted by molar-refractivity contribution is -0.166. The number of aliphatic hydroxyl groups is 2. The molecule has 15 rings (SSSR count). The van der Waals surface area contributed by atoms with Gasteiger partial charge in [-0.25, -0.2) is 4.79 Å². The Morgan fingerprint density at radius 2 is 0.907 bits per heavy atom. The fraction of sp³-hybridized carbons (Fsp3) is 0.938. The Kier molecular flexibility index (Phi) is 13.9. The van der Waals surface area contributed by atoms with Crippen LogP contribution < -0.4 is 0 Å². The van der Waals surface area contributed by atoms with Crippen molar-refractivity contribution >= 4 is 23.9 Å². The average molecular weight is 1040 g/mol. The quantitative estimate of drug-likeness (QED) is 0.150. The summed E-state index contributed by atoms with van der Waals surface area (Å²) in [5.74, 6) is 23.1. The Morgan fingerprint density at radius 1 is 0.507 bits per heavy atom. The molecule has 1 saturated heterocycles. The van der Waals surface area contributed by atoms with Gasteiger partial charge in [0.2, 0.25) is 6.10 Å². The lowest BCUT2D eigenvalue weighted by Gasteiger charge is -2.43. The maximum atomic E-state index is 12.6. The van der Waals surface area contributed by atoms with E-state index in [1.54, 1.807) is 6.92 Å². The van der Waals surface area contributed by atoms with E-state index in [2.05, 4.69) is 55.4 Å². The van der Waals surface area contributed by atoms with Gasteiger partial charge in [0.25, 0.3) is 0 Å². The lowest BCUT2D eigenvalue weighted by Crippen LogP contribution is -2.42. The summed E-state index contributed by atoms with van der Waals surface area (Å²) in [7, 11) is 0. The molecule has 0 aromatic carbocycles. The van der Waals surface area contributed by atoms with E-state index in [4.69, 9.17) is 24.1 Å². The van der Waals surface area contributed by atoms with Crippen molar-refractivity contribution in [3.63, 3.8) is 0 Å². The van der Waals surface area contributed by atoms with Crippen LogP contribution in [-0.4, -0.2) is 71.2 Å². The number of aliphatic hydroxyl groups excluding tert-OH is 2. The van der Waals surface area contributed by atoms with E-state index in [0.717, 1.165) is 156 Å². The zero-order chi connectivity index (χ0) is 53.2. The molecule has 14 aliphatic carbocycles. The van der Waals surface area contributed by atoms with Gasteiger partial charge in [-0.2, -0.15) is 0 Å². The Hall–Kier alpha value is -2.20. The number of rotatable bonds is 6. The van der Waals surface area contributed by atoms with Crippen LogP contribution in [0.5, 0.6) is 0 Å². The molecule has 34 atom stereocenters. The Balaban J connectivity index is 0.000000103. The largest absolute Gasteiger partial charge is 0.463 e. The van der Waals surface area contributed by atoms with Crippen molar-refractivity contribution in [2.24, 2.45) is 183 Å². The molecule has 1 heterocycles. The molecular weight excluding hydrogens is 941 g/mol. The van der Waals surface area contributed by atoms with Crippen LogP contribution in [0.3, 0.4) is 0 Å². The average Bonchev–Trinajstić information content (AvgIpc) is 4.21. The molecule has 0 amide bonds. The zero-order valence-electron chi connectivity index (χ0n) is 48.2. The van der Waals surface area contributed by atoms with Crippen LogP contribution >= 0.6 is 0 Å². The van der Waals surface area contributed by atoms with Gasteiger partial charge in [-0.15, -0.1) is 0 Å². The zero-order valence-corrected chi connectivity index (χ0v) is 48.2. The van der Waals surface area contributed by atoms with Crippen molar-refractivity contribution in [3.8, 4) is 0 Å². The van der Waals surface area contributed by atoms with Crippen molar-refractivity contribution in [2.45, 2.75) is 184 Å². The third kappa shape index (κ3) is 8.59. The molecule has 34 unspecified atom stereocenters. The molecular formula is C65H100O10. The highest BCUT2D eigenvalue weighted by Crippen LogP contribution is 2.74. The van der Waals surface area contributed by atoms with Gasteiger partial charge in [-0.1, -0.05) is 55.4 Å². The summed E-state index contributed by atoms with van der Waals surface area (Å²) in [6.45, 7) is 27.4. The Morgan fingerprint density at radius 3 is 1.35 bits per heavy atom. The SMILES string of the molecule is CC(O)COC(=O)C1CC2CC1C(C)C2C.CC1C(C)C2CC1C1C3CC(C(=O)OC(C)(C)C)C(C3)C21.CC1C(C)C2CC1C1C3CC(C(=O)OC4CCOC4=O)C(C3)C21.CC1C(C)C2CC1C1C3CC(O)C(C3)C21. The standard InChI is InChI=1S/C19H26O4.C19H30O2.C14H22O.C13H22O3/c1-8-9(2)12-7-11(8)16-10-5-13(17(12)16)14(6-10)18(20)23-15-3-4-22-19(15)21;1-9-10(2)13-8-12(9)16-11-6-14(17(13)16)15(7-11)18(20)21-19(3,4)5;1-6-7(2)10-5-9(6)13-8-3-11(14(10)13)12(15)4-8;1-7(14)6-16-13(15)12-5-10-4-11(12)9(3)8(10)2/h8-17H,3-7H2,1-2H3;9-17H,6-8H2,1-5H3;6-15H,3-5H2,1-2H3;7-12,14H,4-6H2,1-3H3. The predicted molar refractivity (Wildman–Crippen MR) is 284 cm³/mol. The molecule has 0 aromatic rings. The first-order chi connectivity index (χ1) is 35.5. The van der Waals surface area contributed by atoms with Crippen molar-refractivity contribution in [1.82, 2.24) is 0 Å². The molecule has 2 N–H and O–H groups in total. The normalized spacial score (nSPS) is 55.6. The number of carbonyl (C=O) groups excluding carboxylic acids is 4. The molecule has 0 spiro atoms. The first-order valence-corrected chi connectivity index (χ1v) is 31.6. The van der Waals surface area contributed by atoms with Crippen molar-refractivity contribution < 1.29 is 48.3 Å². The van der Waals surface area contributed by atoms with Gasteiger partial charge >= 0.3 is 23.9 Å². The molecule has 14 saturated carbocycles. The van der Waals surface area contributed by atoms with E-state index in [-0.39, 0.29) is 59.9 Å². The second kappa shape index (κ2) is 19.5. The molecule has 15 aliphatic rings. The molecule has 10 heteroatoms. The first kappa shape index (κ1) is 53.4. The van der Waals surface area contributed by atoms with Crippen molar-refractivity contribution in [2.75, 3.05) is 13.2 Å². The Labute approximate surface area is 451 Å². The van der Waals surface area contributed by atoms with E-state index in [9.17, 15) is 24.3 Å². The molecule has 1 aliphatic heterocycles. The number of hydrogen-bond donors (Lipinski definition) is 2. The second-order valence-corrected chi connectivity index (χ2v) is 30.9. The van der Waals surface area contributed by atoms with Crippen LogP contribution in [0.15, 0.2) is 0 Å². The molecule has 10 nitrogen and oxygen atoms in total. The molecule has 75 heavy (non-hydrogen) atoms. The fourth-order valence-corrected chi connectivity index (χ4v) is 23.9. The number of cyclic esters (lactones) is 1. The predicted octanol–water partition coefficient (Wildman–Crippen LogP) is 11.2. The minimum absolute atomic E-state index is 0.0384. The summed E-state index contributed by atoms with van der Waals surface area (Å²) in [4.78, 5) is 48.6. The smallest absolute Gasteiger partial charge is 0.347 e. The molecule has 420 valence electrons. The number of fused-ring (bicyclic) bond motifs is 29. The third-order valence-electron chi connectivity index (χ3n) is 27.3. The third-order valence-corrected chi connectivity index (χ3v) is 27.3. The van der Waals surface area contributed by atoms with Crippen LogP contribution in [-0.2, 0) is 38.1 Å². The summed E-state index contributed by atoms with van der Waals surface area (Å²) in [5.41, 5.74) is -0.338. The van der Waals surface area contributed by atoms with Gasteiger partial charge in [-0.05, 0) is 264 Å². The number of ether oxygens (including phenoxy) is 4. The van der Waals surface area contributed by atoms with Gasteiger partial charge in [0.15, 0.2) is 0 Å². The lowest BCUT2D eigenvalue weighted by atomic mass is 9.62. The Bertz CT molecular complexity index is 2180. The molecule has 0 aromatic heterocycles. The van der Waals surface area contributed by atoms with Crippen LogP contribution in [0.4, 0.5) is 0 Å². The summed E-state index contributed by atoms with van der Waals surface area (Å²) >= 11 is 0. The van der Waals surface area contributed by atoms with Gasteiger partial charge in [0.05, 0.1) is 36.6 Å². The van der Waals surface area contributed by atoms with Gasteiger partial charge < -0.3 is 29.2 Å². The van der Waals surface area contributed by atoms with E-state index >= 15 is 0 Å². The number of hydrogen-bond acceptors (Lipinski definition) is 10. The highest BCUT2D eigenvalue weighted by Gasteiger charge is 2.69. The number of esters is 4. The molecule has 0 radical (unpaired) electrons. The van der Waals surface area contributed by atoms with Crippen molar-refractivity contribution in [1.29, 1.82) is 0 Å². The van der Waals surface area contributed by atoms with E-state index in [1.807, 2.05) is 20.8 Å². The van der Waals surface area contributed by atoms with E-state index in [1.165, 1.54) is 44.9 Å². The van der Waals surface area contributed by atoms with Gasteiger partial charge in [-0.3, -0.25) is 14.4 Å². The maximum Gasteiger partial charge on any atom is 0.347 e. The van der Waals surface area contributed by atoms with Crippen molar-refractivity contribution in [3.05, 3.63) is 0 Å². The minimum Gasteiger partial charge on any atom is -0.463 e. The topological polar surface area (TPSA) is 146 Å². The van der Waals surface area contributed by atoms with Crippen LogP contribution in [0, 0.1) is 183 Å². The summed E-state index contributed by atoms with van der Waals surface area (Å²) in [6.07, 6.45) is 13.1. The summed E-state index contributed by atoms with van der Waals surface area (Å²) in [6, 6.07) is 0. The fourth-order valence-electron chi connectivity index (χ4n) is 23.9. The molecule has 15 fully saturated rings. The number of carbonyl (C=O) groups is 4. The minimum atomic E-state index is -0.642. The van der Waals surface area contributed by atoms with Crippen LogP contribution in [0.1, 0.15) is 160 Å². The first-order valence-electron chi connectivity index (χ1n) is 31.6. The highest BCUT2D eigenvalue weighted by atomic mass is 16.6. The van der Waals surface area contributed by atoms with Crippen LogP contribution in [0.2, 0.25) is 0 Å². The summed E-state index contributed by atoms with van der Waals surface area (Å²) < 4.78 is 21.3. The van der Waals surface area contributed by atoms with Gasteiger partial charge in [0, 0.05) is 6.42 Å². The monoisotopic (exact) mass is 1040 g/mol. The van der Waals surface area contributed by atoms with E-state index in [0.29, 0.717) is 48.5 Å². The summed E-state index contributed by atoms with van der Waals surface area (Å²) in [5, 5.41) is 19.1. The molecule has 14 bridgehead atoms. The highest BCUT2D eigenvalue weighted by molar-refractivity contribution is 5.82. The maximum absolute atomic E-state index is 12.6. The van der Waals surface area contributed by atoms with Crippen LogP contribution in [0.25, 0.3) is 0 Å². The van der Waals surface area contributed by atoms with E-state index < -0.39 is 12.2 Å². The second-order valence-electron chi connectivity index (χ2n) is 30.9.